The van der Waals surface area contributed by atoms with E-state index in [1.165, 1.54) is 6.92 Å². The first-order chi connectivity index (χ1) is 12.6. The van der Waals surface area contributed by atoms with Crippen molar-refractivity contribution in [2.75, 3.05) is 21.3 Å². The van der Waals surface area contributed by atoms with E-state index in [0.29, 0.717) is 17.2 Å². The molecule has 3 aromatic rings. The second kappa shape index (κ2) is 7.31. The van der Waals surface area contributed by atoms with Crippen molar-refractivity contribution in [3.05, 3.63) is 48.9 Å². The van der Waals surface area contributed by atoms with Crippen molar-refractivity contribution in [1.29, 1.82) is 0 Å². The Bertz CT molecular complexity index is 907. The van der Waals surface area contributed by atoms with Gasteiger partial charge in [-0.15, -0.1) is 0 Å². The van der Waals surface area contributed by atoms with E-state index in [0.717, 1.165) is 22.4 Å². The SMILES string of the molecule is COc1cc(-c2cc(-c3cccnc3)cn2C(C)=O)cc(OC)c1OC. The first-order valence-electron chi connectivity index (χ1n) is 8.03. The van der Waals surface area contributed by atoms with Crippen molar-refractivity contribution in [3.63, 3.8) is 0 Å². The van der Waals surface area contributed by atoms with Gasteiger partial charge in [-0.25, -0.2) is 0 Å². The molecular formula is C20H20N2O4. The molecule has 0 spiro atoms. The average molecular weight is 352 g/mol. The number of aromatic nitrogens is 2. The summed E-state index contributed by atoms with van der Waals surface area (Å²) in [5.74, 6) is 1.47. The van der Waals surface area contributed by atoms with Crippen LogP contribution in [-0.2, 0) is 0 Å². The van der Waals surface area contributed by atoms with Crippen LogP contribution in [0.2, 0.25) is 0 Å². The van der Waals surface area contributed by atoms with Crippen molar-refractivity contribution < 1.29 is 19.0 Å². The molecule has 0 unspecified atom stereocenters. The van der Waals surface area contributed by atoms with Crippen LogP contribution in [0.4, 0.5) is 0 Å². The van der Waals surface area contributed by atoms with E-state index in [1.54, 1.807) is 44.5 Å². The number of nitrogens with zero attached hydrogens (tertiary/aromatic N) is 2. The first-order valence-corrected chi connectivity index (χ1v) is 8.03. The van der Waals surface area contributed by atoms with Crippen molar-refractivity contribution >= 4 is 5.91 Å². The molecule has 0 saturated carbocycles. The molecule has 3 rings (SSSR count). The summed E-state index contributed by atoms with van der Waals surface area (Å²) in [6.07, 6.45) is 5.28. The Morgan fingerprint density at radius 2 is 1.65 bits per heavy atom. The summed E-state index contributed by atoms with van der Waals surface area (Å²) in [5, 5.41) is 0. The molecule has 6 nitrogen and oxygen atoms in total. The van der Waals surface area contributed by atoms with E-state index >= 15 is 0 Å². The lowest BCUT2D eigenvalue weighted by molar-refractivity contribution is 0.0939. The molecule has 0 aliphatic carbocycles. The summed E-state index contributed by atoms with van der Waals surface area (Å²) in [4.78, 5) is 16.3. The van der Waals surface area contributed by atoms with Crippen LogP contribution >= 0.6 is 0 Å². The maximum Gasteiger partial charge on any atom is 0.227 e. The predicted octanol–water partition coefficient (Wildman–Crippen LogP) is 3.90. The second-order valence-corrected chi connectivity index (χ2v) is 5.66. The molecule has 0 N–H and O–H groups in total. The Kier molecular flexibility index (Phi) is 4.93. The maximum absolute atomic E-state index is 12.2. The third kappa shape index (κ3) is 3.13. The Balaban J connectivity index is 2.20. The molecule has 26 heavy (non-hydrogen) atoms. The van der Waals surface area contributed by atoms with Gasteiger partial charge >= 0.3 is 0 Å². The van der Waals surface area contributed by atoms with E-state index in [2.05, 4.69) is 4.98 Å². The minimum Gasteiger partial charge on any atom is -0.493 e. The number of hydrogen-bond donors (Lipinski definition) is 0. The fourth-order valence-corrected chi connectivity index (χ4v) is 2.87. The summed E-state index contributed by atoms with van der Waals surface area (Å²) in [5.41, 5.74) is 3.35. The second-order valence-electron chi connectivity index (χ2n) is 5.66. The van der Waals surface area contributed by atoms with E-state index < -0.39 is 0 Å². The van der Waals surface area contributed by atoms with Gasteiger partial charge in [0, 0.05) is 42.2 Å². The fourth-order valence-electron chi connectivity index (χ4n) is 2.87. The summed E-state index contributed by atoms with van der Waals surface area (Å²) >= 11 is 0. The average Bonchev–Trinajstić information content (AvgIpc) is 3.13. The Labute approximate surface area is 152 Å². The molecular weight excluding hydrogens is 332 g/mol. The van der Waals surface area contributed by atoms with Crippen LogP contribution in [0.15, 0.2) is 48.9 Å². The quantitative estimate of drug-likeness (QED) is 0.697. The normalized spacial score (nSPS) is 10.5. The molecule has 6 heteroatoms. The van der Waals surface area contributed by atoms with Crippen molar-refractivity contribution in [3.8, 4) is 39.6 Å². The molecule has 0 aliphatic rings. The van der Waals surface area contributed by atoms with Crippen molar-refractivity contribution in [2.45, 2.75) is 6.92 Å². The predicted molar refractivity (Wildman–Crippen MR) is 99.1 cm³/mol. The zero-order valence-electron chi connectivity index (χ0n) is 15.1. The highest BCUT2D eigenvalue weighted by molar-refractivity contribution is 5.86. The number of carbonyl (C=O) groups excluding carboxylic acids is 1. The number of hydrogen-bond acceptors (Lipinski definition) is 5. The lowest BCUT2D eigenvalue weighted by Crippen LogP contribution is -2.06. The molecule has 2 aromatic heterocycles. The molecule has 2 heterocycles. The number of methoxy groups -OCH3 is 3. The molecule has 0 amide bonds. The number of benzene rings is 1. The Hall–Kier alpha value is -3.28. The monoisotopic (exact) mass is 352 g/mol. The van der Waals surface area contributed by atoms with Crippen LogP contribution in [0, 0.1) is 0 Å². The van der Waals surface area contributed by atoms with E-state index in [1.807, 2.05) is 30.3 Å². The molecule has 134 valence electrons. The van der Waals surface area contributed by atoms with Gasteiger partial charge in [-0.1, -0.05) is 6.07 Å². The van der Waals surface area contributed by atoms with Gasteiger partial charge in [0.15, 0.2) is 11.5 Å². The van der Waals surface area contributed by atoms with E-state index in [4.69, 9.17) is 14.2 Å². The van der Waals surface area contributed by atoms with Gasteiger partial charge in [0.1, 0.15) is 0 Å². The van der Waals surface area contributed by atoms with Gasteiger partial charge in [0.25, 0.3) is 0 Å². The lowest BCUT2D eigenvalue weighted by Gasteiger charge is -2.14. The molecule has 0 fully saturated rings. The number of rotatable bonds is 5. The standard InChI is InChI=1S/C20H20N2O4/c1-13(23)22-12-16(14-6-5-7-21-11-14)8-17(22)15-9-18(24-2)20(26-4)19(10-15)25-3/h5-12H,1-4H3. The summed E-state index contributed by atoms with van der Waals surface area (Å²) in [6.45, 7) is 1.52. The maximum atomic E-state index is 12.2. The highest BCUT2D eigenvalue weighted by Gasteiger charge is 2.18. The van der Waals surface area contributed by atoms with Gasteiger partial charge in [0.05, 0.1) is 27.0 Å². The van der Waals surface area contributed by atoms with Crippen LogP contribution < -0.4 is 14.2 Å². The van der Waals surface area contributed by atoms with Crippen LogP contribution in [-0.4, -0.2) is 36.8 Å². The van der Waals surface area contributed by atoms with E-state index in [9.17, 15) is 4.79 Å². The lowest BCUT2D eigenvalue weighted by atomic mass is 10.1. The molecule has 0 saturated heterocycles. The van der Waals surface area contributed by atoms with Gasteiger partial charge < -0.3 is 14.2 Å². The molecule has 0 bridgehead atoms. The van der Waals surface area contributed by atoms with Crippen molar-refractivity contribution in [1.82, 2.24) is 9.55 Å². The molecule has 0 atom stereocenters. The smallest absolute Gasteiger partial charge is 0.227 e. The number of pyridine rings is 1. The third-order valence-corrected chi connectivity index (χ3v) is 4.11. The zero-order chi connectivity index (χ0) is 18.7. The van der Waals surface area contributed by atoms with Gasteiger partial charge in [0.2, 0.25) is 11.7 Å². The summed E-state index contributed by atoms with van der Waals surface area (Å²) < 4.78 is 17.8. The Morgan fingerprint density at radius 1 is 0.962 bits per heavy atom. The van der Waals surface area contributed by atoms with Crippen molar-refractivity contribution in [2.24, 2.45) is 0 Å². The topological polar surface area (TPSA) is 62.6 Å². The summed E-state index contributed by atoms with van der Waals surface area (Å²) in [7, 11) is 4.68. The summed E-state index contributed by atoms with van der Waals surface area (Å²) in [6, 6.07) is 9.40. The minimum absolute atomic E-state index is 0.0936. The molecule has 1 aromatic carbocycles. The number of carbonyl (C=O) groups is 1. The molecule has 0 aliphatic heterocycles. The van der Waals surface area contributed by atoms with Gasteiger partial charge in [-0.05, 0) is 24.3 Å². The zero-order valence-corrected chi connectivity index (χ0v) is 15.1. The molecule has 0 radical (unpaired) electrons. The Morgan fingerprint density at radius 3 is 2.15 bits per heavy atom. The first kappa shape index (κ1) is 17.5. The van der Waals surface area contributed by atoms with Crippen LogP contribution in [0.25, 0.3) is 22.4 Å². The van der Waals surface area contributed by atoms with Crippen LogP contribution in [0.5, 0.6) is 17.2 Å². The fraction of sp³-hybridized carbons (Fsp3) is 0.200. The minimum atomic E-state index is -0.0936. The van der Waals surface area contributed by atoms with Gasteiger partial charge in [-0.2, -0.15) is 0 Å². The van der Waals surface area contributed by atoms with Gasteiger partial charge in [-0.3, -0.25) is 14.3 Å². The third-order valence-electron chi connectivity index (χ3n) is 4.11. The van der Waals surface area contributed by atoms with E-state index in [-0.39, 0.29) is 5.91 Å². The number of ether oxygens (including phenoxy) is 3. The van der Waals surface area contributed by atoms with Crippen LogP contribution in [0.1, 0.15) is 11.7 Å². The highest BCUT2D eigenvalue weighted by Crippen LogP contribution is 2.42. The largest absolute Gasteiger partial charge is 0.493 e. The highest BCUT2D eigenvalue weighted by atomic mass is 16.5. The van der Waals surface area contributed by atoms with Crippen LogP contribution in [0.3, 0.4) is 0 Å².